The summed E-state index contributed by atoms with van der Waals surface area (Å²) in [6.45, 7) is 1.38. The number of fused-ring (bicyclic) bond motifs is 1. The molecule has 2 aromatic carbocycles. The lowest BCUT2D eigenvalue weighted by atomic mass is 10.1. The van der Waals surface area contributed by atoms with Crippen LogP contribution in [0.4, 0.5) is 5.69 Å². The number of hydrogen-bond donors (Lipinski definition) is 2. The van der Waals surface area contributed by atoms with Crippen molar-refractivity contribution < 1.29 is 9.59 Å². The number of hydrogen-bond acceptors (Lipinski definition) is 2. The number of aromatic nitrogens is 1. The predicted molar refractivity (Wildman–Crippen MR) is 110 cm³/mol. The molecule has 2 amide bonds. The molecule has 2 heterocycles. The van der Waals surface area contributed by atoms with E-state index >= 15 is 0 Å². The van der Waals surface area contributed by atoms with E-state index in [2.05, 4.69) is 26.2 Å². The highest BCUT2D eigenvalue weighted by atomic mass is 79.9. The van der Waals surface area contributed by atoms with E-state index in [1.165, 1.54) is 0 Å². The van der Waals surface area contributed by atoms with Crippen LogP contribution in [0.2, 0.25) is 0 Å². The molecule has 1 saturated heterocycles. The first kappa shape index (κ1) is 17.8. The monoisotopic (exact) mass is 425 g/mol. The van der Waals surface area contributed by atoms with Crippen molar-refractivity contribution in [3.63, 3.8) is 0 Å². The summed E-state index contributed by atoms with van der Waals surface area (Å²) in [5.41, 5.74) is 3.13. The maximum absolute atomic E-state index is 12.7. The average molecular weight is 426 g/mol. The van der Waals surface area contributed by atoms with Gasteiger partial charge in [0.25, 0.3) is 5.91 Å². The lowest BCUT2D eigenvalue weighted by molar-refractivity contribution is -0.133. The molecule has 0 saturated carbocycles. The third-order valence-electron chi connectivity index (χ3n) is 4.85. The number of nitrogens with zero attached hydrogens (tertiary/aromatic N) is 1. The average Bonchev–Trinajstić information content (AvgIpc) is 3.01. The number of aromatic amines is 1. The Labute approximate surface area is 165 Å². The molecule has 0 aliphatic carbocycles. The fourth-order valence-electron chi connectivity index (χ4n) is 3.45. The maximum Gasteiger partial charge on any atom is 0.273 e. The Morgan fingerprint density at radius 3 is 2.81 bits per heavy atom. The van der Waals surface area contributed by atoms with Gasteiger partial charge in [0.05, 0.1) is 4.47 Å². The van der Waals surface area contributed by atoms with Gasteiger partial charge in [0.15, 0.2) is 0 Å². The first-order valence-electron chi connectivity index (χ1n) is 9.06. The number of H-pyrrole nitrogens is 1. The molecule has 4 rings (SSSR count). The molecule has 27 heavy (non-hydrogen) atoms. The van der Waals surface area contributed by atoms with Crippen molar-refractivity contribution in [3.05, 3.63) is 64.3 Å². The van der Waals surface area contributed by atoms with E-state index in [1.54, 1.807) is 0 Å². The van der Waals surface area contributed by atoms with Gasteiger partial charge < -0.3 is 15.2 Å². The van der Waals surface area contributed by atoms with Gasteiger partial charge in [-0.15, -0.1) is 0 Å². The van der Waals surface area contributed by atoms with Gasteiger partial charge in [-0.3, -0.25) is 9.59 Å². The molecule has 138 valence electrons. The highest BCUT2D eigenvalue weighted by molar-refractivity contribution is 9.10. The summed E-state index contributed by atoms with van der Waals surface area (Å²) in [4.78, 5) is 29.8. The number of carbonyl (C=O) groups is 2. The second-order valence-corrected chi connectivity index (χ2v) is 7.58. The topological polar surface area (TPSA) is 65.2 Å². The minimum Gasteiger partial charge on any atom is -0.350 e. The van der Waals surface area contributed by atoms with Crippen molar-refractivity contribution in [2.24, 2.45) is 0 Å². The van der Waals surface area contributed by atoms with E-state index < -0.39 is 0 Å². The van der Waals surface area contributed by atoms with E-state index in [0.717, 1.165) is 40.3 Å². The van der Waals surface area contributed by atoms with E-state index in [1.807, 2.05) is 53.4 Å². The Hall–Kier alpha value is -2.60. The predicted octanol–water partition coefficient (Wildman–Crippen LogP) is 4.70. The van der Waals surface area contributed by atoms with Gasteiger partial charge in [0.1, 0.15) is 5.69 Å². The molecule has 1 fully saturated rings. The van der Waals surface area contributed by atoms with Crippen molar-refractivity contribution in [2.75, 3.05) is 11.9 Å². The summed E-state index contributed by atoms with van der Waals surface area (Å²) in [6, 6.07) is 15.4. The number of nitrogens with one attached hydrogen (secondary N) is 2. The summed E-state index contributed by atoms with van der Waals surface area (Å²) in [6.07, 6.45) is 2.66. The number of amides is 2. The number of halogens is 1. The van der Waals surface area contributed by atoms with E-state index in [0.29, 0.717) is 24.3 Å². The van der Waals surface area contributed by atoms with Crippen LogP contribution in [0.5, 0.6) is 0 Å². The number of piperidine rings is 1. The molecule has 0 bridgehead atoms. The van der Waals surface area contributed by atoms with Crippen molar-refractivity contribution in [3.8, 4) is 0 Å². The Kier molecular flexibility index (Phi) is 4.99. The van der Waals surface area contributed by atoms with Crippen LogP contribution in [0, 0.1) is 0 Å². The van der Waals surface area contributed by atoms with Crippen molar-refractivity contribution in [2.45, 2.75) is 25.8 Å². The smallest absolute Gasteiger partial charge is 0.273 e. The lowest BCUT2D eigenvalue weighted by Crippen LogP contribution is -2.34. The molecule has 2 N–H and O–H groups in total. The van der Waals surface area contributed by atoms with Gasteiger partial charge in [0, 0.05) is 36.1 Å². The minimum absolute atomic E-state index is 0.204. The molecular weight excluding hydrogens is 406 g/mol. The van der Waals surface area contributed by atoms with Gasteiger partial charge in [0.2, 0.25) is 5.91 Å². The van der Waals surface area contributed by atoms with Crippen molar-refractivity contribution in [1.82, 2.24) is 9.88 Å². The van der Waals surface area contributed by atoms with Gasteiger partial charge in [-0.25, -0.2) is 0 Å². The zero-order valence-electron chi connectivity index (χ0n) is 14.8. The Morgan fingerprint density at radius 1 is 1.15 bits per heavy atom. The quantitative estimate of drug-likeness (QED) is 0.636. The van der Waals surface area contributed by atoms with Crippen LogP contribution in [0.3, 0.4) is 0 Å². The third kappa shape index (κ3) is 3.76. The fraction of sp³-hybridized carbons (Fsp3) is 0.238. The Bertz CT molecular complexity index is 1010. The maximum atomic E-state index is 12.7. The molecule has 5 nitrogen and oxygen atoms in total. The largest absolute Gasteiger partial charge is 0.350 e. The van der Waals surface area contributed by atoms with Gasteiger partial charge in [-0.1, -0.05) is 30.3 Å². The summed E-state index contributed by atoms with van der Waals surface area (Å²) in [5.74, 6) is 0.00182. The third-order valence-corrected chi connectivity index (χ3v) is 5.67. The molecule has 0 spiro atoms. The minimum atomic E-state index is -0.204. The van der Waals surface area contributed by atoms with Crippen LogP contribution in [0.15, 0.2) is 53.0 Å². The molecule has 0 radical (unpaired) electrons. The highest BCUT2D eigenvalue weighted by Crippen LogP contribution is 2.28. The zero-order valence-corrected chi connectivity index (χ0v) is 16.4. The number of para-hydroxylation sites is 1. The van der Waals surface area contributed by atoms with E-state index in [4.69, 9.17) is 0 Å². The highest BCUT2D eigenvalue weighted by Gasteiger charge is 2.19. The zero-order chi connectivity index (χ0) is 18.8. The summed E-state index contributed by atoms with van der Waals surface area (Å²) in [7, 11) is 0. The number of carbonyl (C=O) groups excluding carboxylic acids is 2. The van der Waals surface area contributed by atoms with Crippen LogP contribution in [0.25, 0.3) is 10.9 Å². The van der Waals surface area contributed by atoms with Crippen LogP contribution in [0.1, 0.15) is 35.3 Å². The molecule has 1 aliphatic rings. The fourth-order valence-corrected chi connectivity index (χ4v) is 4.08. The van der Waals surface area contributed by atoms with Crippen molar-refractivity contribution >= 4 is 44.3 Å². The molecule has 1 aliphatic heterocycles. The van der Waals surface area contributed by atoms with Gasteiger partial charge in [-0.05, 0) is 52.5 Å². The van der Waals surface area contributed by atoms with Crippen LogP contribution < -0.4 is 5.32 Å². The Morgan fingerprint density at radius 2 is 2.00 bits per heavy atom. The van der Waals surface area contributed by atoms with Crippen LogP contribution >= 0.6 is 15.9 Å². The SMILES string of the molecule is O=C(Nc1cccc(CN2CCCCC2=O)c1)c1[nH]c2ccccc2c1Br. The van der Waals surface area contributed by atoms with E-state index in [9.17, 15) is 9.59 Å². The van der Waals surface area contributed by atoms with Crippen LogP contribution in [-0.2, 0) is 11.3 Å². The first-order valence-corrected chi connectivity index (χ1v) is 9.85. The van der Waals surface area contributed by atoms with Crippen LogP contribution in [-0.4, -0.2) is 28.2 Å². The number of benzene rings is 2. The first-order chi connectivity index (χ1) is 13.1. The molecule has 6 heteroatoms. The molecule has 0 atom stereocenters. The molecule has 3 aromatic rings. The summed E-state index contributed by atoms with van der Waals surface area (Å²) in [5, 5.41) is 3.92. The normalized spacial score (nSPS) is 14.6. The molecule has 1 aromatic heterocycles. The lowest BCUT2D eigenvalue weighted by Gasteiger charge is -2.26. The van der Waals surface area contributed by atoms with Gasteiger partial charge >= 0.3 is 0 Å². The number of rotatable bonds is 4. The van der Waals surface area contributed by atoms with E-state index in [-0.39, 0.29) is 11.8 Å². The summed E-state index contributed by atoms with van der Waals surface area (Å²) < 4.78 is 0.755. The second-order valence-electron chi connectivity index (χ2n) is 6.79. The second kappa shape index (κ2) is 7.56. The Balaban J connectivity index is 1.51. The molecular formula is C21H20BrN3O2. The molecule has 0 unspecified atom stereocenters. The standard InChI is InChI=1S/C21H20BrN3O2/c22-19-16-8-1-2-9-17(16)24-20(19)21(27)23-15-7-5-6-14(12-15)13-25-11-4-3-10-18(25)26/h1-2,5-9,12,24H,3-4,10-11,13H2,(H,23,27). The number of anilines is 1. The van der Waals surface area contributed by atoms with Gasteiger partial charge in [-0.2, -0.15) is 0 Å². The number of likely N-dealkylation sites (tertiary alicyclic amines) is 1. The van der Waals surface area contributed by atoms with Crippen molar-refractivity contribution in [1.29, 1.82) is 0 Å². The summed E-state index contributed by atoms with van der Waals surface area (Å²) >= 11 is 3.52.